The number of imidazole rings is 1. The number of aromatic nitrogens is 4. The molecule has 2 aromatic rings. The van der Waals surface area contributed by atoms with Crippen LogP contribution in [0, 0.1) is 12.8 Å². The minimum absolute atomic E-state index is 0.0423. The summed E-state index contributed by atoms with van der Waals surface area (Å²) >= 11 is 0. The van der Waals surface area contributed by atoms with Gasteiger partial charge in [0, 0.05) is 33.3 Å². The number of aryl methyl sites for hydroxylation is 2. The Hall–Kier alpha value is -2.75. The molecule has 0 aromatic carbocycles. The zero-order valence-corrected chi connectivity index (χ0v) is 16.2. The Morgan fingerprint density at radius 3 is 2.93 bits per heavy atom. The topological polar surface area (TPSA) is 115 Å². The summed E-state index contributed by atoms with van der Waals surface area (Å²) in [4.78, 5) is 35.2. The van der Waals surface area contributed by atoms with E-state index in [-0.39, 0.29) is 30.4 Å². The van der Waals surface area contributed by atoms with Gasteiger partial charge in [0.1, 0.15) is 12.3 Å². The fraction of sp³-hybridized carbons (Fsp3) is 0.611. The minimum Gasteiger partial charge on any atom is -0.375 e. The number of amides is 2. The SMILES string of the molecule is COCC(=O)N1C[C@@H]2C[C@@H](NC(=O)c3cncn3C)C[C@]2(c2nc(C)no2)C1. The average molecular weight is 388 g/mol. The largest absolute Gasteiger partial charge is 0.375 e. The summed E-state index contributed by atoms with van der Waals surface area (Å²) in [6.07, 6.45) is 4.52. The molecule has 2 fully saturated rings. The Kier molecular flexibility index (Phi) is 4.66. The number of rotatable bonds is 5. The van der Waals surface area contributed by atoms with E-state index in [1.165, 1.54) is 7.11 Å². The average Bonchev–Trinajstić information content (AvgIpc) is 3.38. The van der Waals surface area contributed by atoms with E-state index in [2.05, 4.69) is 20.4 Å². The molecular formula is C18H24N6O4. The molecule has 2 aromatic heterocycles. The first-order valence-corrected chi connectivity index (χ1v) is 9.27. The molecule has 0 bridgehead atoms. The Labute approximate surface area is 162 Å². The molecule has 28 heavy (non-hydrogen) atoms. The molecule has 3 atom stereocenters. The number of nitrogens with one attached hydrogen (secondary N) is 1. The van der Waals surface area contributed by atoms with Crippen molar-refractivity contribution in [2.75, 3.05) is 26.8 Å². The number of methoxy groups -OCH3 is 1. The molecule has 1 saturated carbocycles. The quantitative estimate of drug-likeness (QED) is 0.769. The molecule has 2 amide bonds. The third kappa shape index (κ3) is 3.07. The molecule has 1 N–H and O–H groups in total. The van der Waals surface area contributed by atoms with E-state index in [1.54, 1.807) is 36.0 Å². The predicted molar refractivity (Wildman–Crippen MR) is 96.4 cm³/mol. The van der Waals surface area contributed by atoms with Crippen LogP contribution in [0.4, 0.5) is 0 Å². The van der Waals surface area contributed by atoms with Gasteiger partial charge in [-0.05, 0) is 25.7 Å². The zero-order valence-electron chi connectivity index (χ0n) is 16.2. The molecule has 1 saturated heterocycles. The molecule has 150 valence electrons. The summed E-state index contributed by atoms with van der Waals surface area (Å²) in [5.41, 5.74) is 0.0614. The Balaban J connectivity index is 1.55. The second-order valence-electron chi connectivity index (χ2n) is 7.71. The van der Waals surface area contributed by atoms with Crippen molar-refractivity contribution in [3.8, 4) is 0 Å². The number of fused-ring (bicyclic) bond motifs is 1. The van der Waals surface area contributed by atoms with Crippen LogP contribution in [0.3, 0.4) is 0 Å². The van der Waals surface area contributed by atoms with Gasteiger partial charge in [-0.1, -0.05) is 5.16 Å². The molecule has 1 aliphatic heterocycles. The molecule has 0 spiro atoms. The molecule has 1 aliphatic carbocycles. The van der Waals surface area contributed by atoms with Crippen molar-refractivity contribution in [3.05, 3.63) is 29.9 Å². The van der Waals surface area contributed by atoms with Gasteiger partial charge in [-0.3, -0.25) is 9.59 Å². The van der Waals surface area contributed by atoms with Gasteiger partial charge >= 0.3 is 0 Å². The fourth-order valence-corrected chi connectivity index (χ4v) is 4.55. The van der Waals surface area contributed by atoms with Gasteiger partial charge in [-0.2, -0.15) is 4.98 Å². The van der Waals surface area contributed by atoms with E-state index in [0.717, 1.165) is 6.42 Å². The summed E-state index contributed by atoms with van der Waals surface area (Å²) in [7, 11) is 3.29. The van der Waals surface area contributed by atoms with Gasteiger partial charge in [0.25, 0.3) is 5.91 Å². The maximum Gasteiger partial charge on any atom is 0.269 e. The number of carbonyl (C=O) groups excluding carboxylic acids is 2. The fourth-order valence-electron chi connectivity index (χ4n) is 4.55. The van der Waals surface area contributed by atoms with Crippen LogP contribution in [-0.2, 0) is 22.0 Å². The molecule has 10 nitrogen and oxygen atoms in total. The van der Waals surface area contributed by atoms with Crippen LogP contribution in [0.5, 0.6) is 0 Å². The van der Waals surface area contributed by atoms with E-state index in [4.69, 9.17) is 9.26 Å². The van der Waals surface area contributed by atoms with Gasteiger partial charge < -0.3 is 24.0 Å². The zero-order chi connectivity index (χ0) is 19.9. The lowest BCUT2D eigenvalue weighted by atomic mass is 9.80. The summed E-state index contributed by atoms with van der Waals surface area (Å²) in [5, 5.41) is 7.05. The highest BCUT2D eigenvalue weighted by Crippen LogP contribution is 2.50. The maximum atomic E-state index is 12.6. The number of hydrogen-bond acceptors (Lipinski definition) is 7. The van der Waals surface area contributed by atoms with Gasteiger partial charge in [-0.25, -0.2) is 4.98 Å². The maximum absolute atomic E-state index is 12.6. The van der Waals surface area contributed by atoms with Crippen LogP contribution in [0.1, 0.15) is 35.0 Å². The lowest BCUT2D eigenvalue weighted by Gasteiger charge is -2.25. The van der Waals surface area contributed by atoms with E-state index < -0.39 is 5.41 Å². The molecule has 0 radical (unpaired) electrons. The number of carbonyl (C=O) groups is 2. The highest BCUT2D eigenvalue weighted by molar-refractivity contribution is 5.92. The summed E-state index contributed by atoms with van der Waals surface area (Å²) < 4.78 is 12.2. The van der Waals surface area contributed by atoms with Crippen molar-refractivity contribution in [2.24, 2.45) is 13.0 Å². The normalized spacial score (nSPS) is 26.5. The third-order valence-electron chi connectivity index (χ3n) is 5.83. The molecule has 4 rings (SSSR count). The van der Waals surface area contributed by atoms with Crippen molar-refractivity contribution < 1.29 is 18.8 Å². The van der Waals surface area contributed by atoms with Crippen LogP contribution in [0.15, 0.2) is 17.0 Å². The van der Waals surface area contributed by atoms with Crippen LogP contribution >= 0.6 is 0 Å². The summed E-state index contributed by atoms with van der Waals surface area (Å²) in [5.74, 6) is 1.02. The number of nitrogens with zero attached hydrogens (tertiary/aromatic N) is 5. The first-order chi connectivity index (χ1) is 13.4. The Morgan fingerprint density at radius 1 is 1.46 bits per heavy atom. The Bertz CT molecular complexity index is 892. The van der Waals surface area contributed by atoms with Crippen molar-refractivity contribution in [1.82, 2.24) is 29.9 Å². The van der Waals surface area contributed by atoms with Crippen LogP contribution in [0.25, 0.3) is 0 Å². The van der Waals surface area contributed by atoms with Crippen molar-refractivity contribution >= 4 is 11.8 Å². The number of ether oxygens (including phenoxy) is 1. The minimum atomic E-state index is -0.449. The van der Waals surface area contributed by atoms with Crippen LogP contribution < -0.4 is 5.32 Å². The van der Waals surface area contributed by atoms with Gasteiger partial charge in [0.15, 0.2) is 5.82 Å². The highest BCUT2D eigenvalue weighted by atomic mass is 16.5. The first kappa shape index (κ1) is 18.6. The second-order valence-corrected chi connectivity index (χ2v) is 7.71. The molecule has 10 heteroatoms. The van der Waals surface area contributed by atoms with E-state index in [9.17, 15) is 9.59 Å². The number of likely N-dealkylation sites (tertiary alicyclic amines) is 1. The van der Waals surface area contributed by atoms with E-state index in [1.807, 2.05) is 0 Å². The molecule has 2 aliphatic rings. The second kappa shape index (κ2) is 7.01. The van der Waals surface area contributed by atoms with Gasteiger partial charge in [0.05, 0.1) is 17.9 Å². The monoisotopic (exact) mass is 388 g/mol. The van der Waals surface area contributed by atoms with Crippen LogP contribution in [0.2, 0.25) is 0 Å². The Morgan fingerprint density at radius 2 is 2.29 bits per heavy atom. The van der Waals surface area contributed by atoms with Crippen LogP contribution in [-0.4, -0.2) is 69.3 Å². The van der Waals surface area contributed by atoms with E-state index in [0.29, 0.717) is 36.9 Å². The van der Waals surface area contributed by atoms with E-state index >= 15 is 0 Å². The van der Waals surface area contributed by atoms with Crippen molar-refractivity contribution in [2.45, 2.75) is 31.2 Å². The molecule has 0 unspecified atom stereocenters. The third-order valence-corrected chi connectivity index (χ3v) is 5.83. The summed E-state index contributed by atoms with van der Waals surface area (Å²) in [6.45, 7) is 2.89. The highest BCUT2D eigenvalue weighted by Gasteiger charge is 2.58. The number of hydrogen-bond donors (Lipinski definition) is 1. The molecular weight excluding hydrogens is 364 g/mol. The first-order valence-electron chi connectivity index (χ1n) is 9.27. The van der Waals surface area contributed by atoms with Crippen molar-refractivity contribution in [3.63, 3.8) is 0 Å². The van der Waals surface area contributed by atoms with Gasteiger partial charge in [-0.15, -0.1) is 0 Å². The van der Waals surface area contributed by atoms with Gasteiger partial charge in [0.2, 0.25) is 11.8 Å². The predicted octanol–water partition coefficient (Wildman–Crippen LogP) is 0.0465. The standard InChI is InChI=1S/C18H24N6O4/c1-11-20-17(28-22-11)18-5-13(21-16(26)14-6-19-10-23(14)2)4-12(18)7-24(9-18)15(25)8-27-3/h6,10,12-13H,4-5,7-9H2,1-3H3,(H,21,26)/t12-,13+,18-/m0/s1. The van der Waals surface area contributed by atoms with Crippen molar-refractivity contribution in [1.29, 1.82) is 0 Å². The lowest BCUT2D eigenvalue weighted by molar-refractivity contribution is -0.134. The molecule has 3 heterocycles. The smallest absolute Gasteiger partial charge is 0.269 e. The lowest BCUT2D eigenvalue weighted by Crippen LogP contribution is -2.40. The summed E-state index contributed by atoms with van der Waals surface area (Å²) in [6, 6.07) is -0.0423.